The molecule has 0 saturated carbocycles. The summed E-state index contributed by atoms with van der Waals surface area (Å²) in [6.45, 7) is 3.70. The lowest BCUT2D eigenvalue weighted by Crippen LogP contribution is -1.89. The lowest BCUT2D eigenvalue weighted by molar-refractivity contribution is -0.117. The first-order chi connectivity index (χ1) is 3.81. The van der Waals surface area contributed by atoms with Crippen molar-refractivity contribution in [2.45, 2.75) is 26.7 Å². The van der Waals surface area contributed by atoms with Crippen LogP contribution in [-0.2, 0) is 4.79 Å². The minimum atomic E-state index is -0.0185. The van der Waals surface area contributed by atoms with Crippen molar-refractivity contribution in [1.82, 2.24) is 0 Å². The average molecular weight is 113 g/mol. The summed E-state index contributed by atoms with van der Waals surface area (Å²) >= 11 is 0. The van der Waals surface area contributed by atoms with Crippen LogP contribution in [0.3, 0.4) is 0 Å². The maximum absolute atomic E-state index is 10.4. The zero-order valence-corrected chi connectivity index (χ0v) is 5.35. The van der Waals surface area contributed by atoms with E-state index in [0.29, 0.717) is 6.42 Å². The van der Waals surface area contributed by atoms with Crippen molar-refractivity contribution in [1.29, 1.82) is 0 Å². The summed E-state index contributed by atoms with van der Waals surface area (Å²) in [6, 6.07) is 0. The number of carbonyl (C=O) groups is 1. The molecule has 0 atom stereocenters. The van der Waals surface area contributed by atoms with E-state index in [2.05, 4.69) is 4.99 Å². The molecule has 8 heavy (non-hydrogen) atoms. The Balaban J connectivity index is 3.33. The highest BCUT2D eigenvalue weighted by atomic mass is 16.1. The second-order valence-electron chi connectivity index (χ2n) is 1.53. The molecule has 1 amide bonds. The number of aliphatic imine (C=N–C) groups is 1. The van der Waals surface area contributed by atoms with Crippen LogP contribution in [0.15, 0.2) is 4.99 Å². The summed E-state index contributed by atoms with van der Waals surface area (Å²) in [4.78, 5) is 14.0. The first-order valence-corrected chi connectivity index (χ1v) is 2.82. The molecule has 0 aromatic heterocycles. The van der Waals surface area contributed by atoms with Crippen LogP contribution in [0.5, 0.6) is 0 Å². The maximum atomic E-state index is 10.4. The molecule has 0 aromatic rings. The van der Waals surface area contributed by atoms with Crippen molar-refractivity contribution in [3.05, 3.63) is 0 Å². The Morgan fingerprint density at radius 2 is 2.38 bits per heavy atom. The molecule has 0 heterocycles. The van der Waals surface area contributed by atoms with Crippen LogP contribution >= 0.6 is 0 Å². The van der Waals surface area contributed by atoms with Crippen molar-refractivity contribution in [3.63, 3.8) is 0 Å². The summed E-state index contributed by atoms with van der Waals surface area (Å²) in [6.07, 6.45) is 2.98. The summed E-state index contributed by atoms with van der Waals surface area (Å²) in [5, 5.41) is 0. The number of hydrogen-bond donors (Lipinski definition) is 0. The smallest absolute Gasteiger partial charge is 0.245 e. The van der Waals surface area contributed by atoms with Gasteiger partial charge in [-0.15, -0.1) is 0 Å². The van der Waals surface area contributed by atoms with E-state index in [1.165, 1.54) is 6.21 Å². The molecule has 0 rings (SSSR count). The minimum Gasteiger partial charge on any atom is -0.273 e. The van der Waals surface area contributed by atoms with Gasteiger partial charge in [0.25, 0.3) is 0 Å². The zero-order valence-electron chi connectivity index (χ0n) is 5.35. The molecule has 0 N–H and O–H groups in total. The van der Waals surface area contributed by atoms with Crippen LogP contribution in [0.25, 0.3) is 0 Å². The van der Waals surface area contributed by atoms with E-state index >= 15 is 0 Å². The van der Waals surface area contributed by atoms with Crippen molar-refractivity contribution in [3.8, 4) is 0 Å². The molecular weight excluding hydrogens is 102 g/mol. The second-order valence-corrected chi connectivity index (χ2v) is 1.53. The van der Waals surface area contributed by atoms with E-state index in [9.17, 15) is 4.79 Å². The molecule has 0 aromatic carbocycles. The third-order valence-corrected chi connectivity index (χ3v) is 0.737. The molecule has 2 heteroatoms. The van der Waals surface area contributed by atoms with Gasteiger partial charge < -0.3 is 0 Å². The van der Waals surface area contributed by atoms with E-state index in [1.807, 2.05) is 6.92 Å². The highest BCUT2D eigenvalue weighted by Gasteiger charge is 1.90. The molecule has 0 spiro atoms. The summed E-state index contributed by atoms with van der Waals surface area (Å²) < 4.78 is 0. The fourth-order valence-electron chi connectivity index (χ4n) is 0.422. The number of carbonyl (C=O) groups excluding carboxylic acids is 1. The van der Waals surface area contributed by atoms with Gasteiger partial charge in [0.05, 0.1) is 0 Å². The largest absolute Gasteiger partial charge is 0.273 e. The number of rotatable bonds is 2. The first-order valence-electron chi connectivity index (χ1n) is 2.82. The Kier molecular flexibility index (Phi) is 4.13. The van der Waals surface area contributed by atoms with E-state index in [4.69, 9.17) is 0 Å². The lowest BCUT2D eigenvalue weighted by Gasteiger charge is -1.84. The van der Waals surface area contributed by atoms with Gasteiger partial charge in [-0.1, -0.05) is 6.92 Å². The molecule has 0 aliphatic heterocycles. The average Bonchev–Trinajstić information content (AvgIpc) is 1.68. The van der Waals surface area contributed by atoms with Crippen LogP contribution in [-0.4, -0.2) is 12.1 Å². The Morgan fingerprint density at radius 1 is 1.75 bits per heavy atom. The molecule has 0 unspecified atom stereocenters. The SMILES string of the molecule is C/C=N\C(=O)CCC. The predicted octanol–water partition coefficient (Wildman–Crippen LogP) is 1.40. The van der Waals surface area contributed by atoms with Gasteiger partial charge in [-0.2, -0.15) is 0 Å². The van der Waals surface area contributed by atoms with Crippen LogP contribution in [0.2, 0.25) is 0 Å². The standard InChI is InChI=1S/C6H11NO/c1-3-5-6(8)7-4-2/h4H,3,5H2,1-2H3/b7-4-. The first kappa shape index (κ1) is 7.34. The fraction of sp³-hybridized carbons (Fsp3) is 0.667. The topological polar surface area (TPSA) is 29.4 Å². The monoisotopic (exact) mass is 113 g/mol. The van der Waals surface area contributed by atoms with E-state index in [0.717, 1.165) is 6.42 Å². The van der Waals surface area contributed by atoms with Gasteiger partial charge in [0, 0.05) is 12.6 Å². The summed E-state index contributed by atoms with van der Waals surface area (Å²) in [7, 11) is 0. The Bertz CT molecular complexity index is 96.7. The van der Waals surface area contributed by atoms with Gasteiger partial charge in [-0.05, 0) is 13.3 Å². The quantitative estimate of drug-likeness (QED) is 0.498. The Morgan fingerprint density at radius 3 is 2.75 bits per heavy atom. The van der Waals surface area contributed by atoms with E-state index in [1.54, 1.807) is 6.92 Å². The van der Waals surface area contributed by atoms with Gasteiger partial charge in [0.2, 0.25) is 5.91 Å². The van der Waals surface area contributed by atoms with Crippen molar-refractivity contribution in [2.75, 3.05) is 0 Å². The Labute approximate surface area is 49.6 Å². The van der Waals surface area contributed by atoms with Crippen molar-refractivity contribution < 1.29 is 4.79 Å². The van der Waals surface area contributed by atoms with Crippen LogP contribution in [0.4, 0.5) is 0 Å². The van der Waals surface area contributed by atoms with Crippen molar-refractivity contribution in [2.24, 2.45) is 4.99 Å². The normalized spacial score (nSPS) is 10.2. The molecule has 0 aliphatic rings. The van der Waals surface area contributed by atoms with E-state index in [-0.39, 0.29) is 5.91 Å². The van der Waals surface area contributed by atoms with Crippen LogP contribution in [0.1, 0.15) is 26.7 Å². The van der Waals surface area contributed by atoms with Crippen molar-refractivity contribution >= 4 is 12.1 Å². The summed E-state index contributed by atoms with van der Waals surface area (Å²) in [5.74, 6) is -0.0185. The zero-order chi connectivity index (χ0) is 6.41. The highest BCUT2D eigenvalue weighted by Crippen LogP contribution is 1.87. The van der Waals surface area contributed by atoms with Crippen LogP contribution in [0, 0.1) is 0 Å². The molecule has 0 fully saturated rings. The van der Waals surface area contributed by atoms with Crippen LogP contribution < -0.4 is 0 Å². The Hall–Kier alpha value is -0.660. The summed E-state index contributed by atoms with van der Waals surface area (Å²) in [5.41, 5.74) is 0. The van der Waals surface area contributed by atoms with Gasteiger partial charge in [-0.25, -0.2) is 4.99 Å². The van der Waals surface area contributed by atoms with Gasteiger partial charge in [0.1, 0.15) is 0 Å². The highest BCUT2D eigenvalue weighted by molar-refractivity contribution is 5.84. The maximum Gasteiger partial charge on any atom is 0.245 e. The molecule has 46 valence electrons. The fourth-order valence-corrected chi connectivity index (χ4v) is 0.422. The molecule has 0 saturated heterocycles. The van der Waals surface area contributed by atoms with E-state index < -0.39 is 0 Å². The number of amides is 1. The second kappa shape index (κ2) is 4.50. The third kappa shape index (κ3) is 3.53. The number of nitrogens with zero attached hydrogens (tertiary/aromatic N) is 1. The van der Waals surface area contributed by atoms with Gasteiger partial charge >= 0.3 is 0 Å². The molecular formula is C6H11NO. The molecule has 0 bridgehead atoms. The molecule has 0 radical (unpaired) electrons. The molecule has 2 nitrogen and oxygen atoms in total. The number of hydrogen-bond acceptors (Lipinski definition) is 1. The minimum absolute atomic E-state index is 0.0185. The predicted molar refractivity (Wildman–Crippen MR) is 34.1 cm³/mol. The van der Waals surface area contributed by atoms with Gasteiger partial charge in [-0.3, -0.25) is 4.79 Å². The third-order valence-electron chi connectivity index (χ3n) is 0.737. The van der Waals surface area contributed by atoms with Gasteiger partial charge in [0.15, 0.2) is 0 Å². The lowest BCUT2D eigenvalue weighted by atomic mass is 10.3. The molecule has 0 aliphatic carbocycles.